The Labute approximate surface area is 229 Å². The summed E-state index contributed by atoms with van der Waals surface area (Å²) in [6.07, 6.45) is 5.79. The number of benzene rings is 2. The lowest BCUT2D eigenvalue weighted by molar-refractivity contribution is -0.141. The van der Waals surface area contributed by atoms with Crippen LogP contribution in [0.1, 0.15) is 74.2 Å². The maximum atomic E-state index is 13.5. The molecule has 2 aromatic rings. The minimum atomic E-state index is -3.93. The molecular formula is C28H34ClN3O5S. The fourth-order valence-corrected chi connectivity index (χ4v) is 6.95. The van der Waals surface area contributed by atoms with Crippen LogP contribution in [-0.2, 0) is 26.2 Å². The maximum absolute atomic E-state index is 13.5. The van der Waals surface area contributed by atoms with Crippen molar-refractivity contribution in [2.45, 2.75) is 81.8 Å². The average molecular weight is 560 g/mol. The van der Waals surface area contributed by atoms with Crippen molar-refractivity contribution in [2.24, 2.45) is 0 Å². The molecule has 1 heterocycles. The van der Waals surface area contributed by atoms with Gasteiger partial charge in [-0.05, 0) is 55.5 Å². The van der Waals surface area contributed by atoms with E-state index in [0.29, 0.717) is 11.4 Å². The molecule has 0 radical (unpaired) electrons. The topological polar surface area (TPSA) is 104 Å². The van der Waals surface area contributed by atoms with E-state index < -0.39 is 22.0 Å². The highest BCUT2D eigenvalue weighted by Gasteiger charge is 2.40. The molecule has 4 rings (SSSR count). The molecule has 0 aromatic heterocycles. The number of nitrogens with one attached hydrogen (secondary N) is 1. The first kappa shape index (κ1) is 28.1. The predicted octanol–water partition coefficient (Wildman–Crippen LogP) is 4.52. The quantitative estimate of drug-likeness (QED) is 0.461. The number of carbonyl (C=O) groups is 3. The third kappa shape index (κ3) is 6.21. The molecule has 8 nitrogen and oxygen atoms in total. The molecule has 1 fully saturated rings. The van der Waals surface area contributed by atoms with Crippen LogP contribution >= 0.6 is 11.6 Å². The first-order valence-electron chi connectivity index (χ1n) is 13.2. The lowest BCUT2D eigenvalue weighted by Crippen LogP contribution is -2.51. The van der Waals surface area contributed by atoms with Crippen LogP contribution in [0.3, 0.4) is 0 Å². The van der Waals surface area contributed by atoms with Crippen LogP contribution in [-0.4, -0.2) is 54.0 Å². The largest absolute Gasteiger partial charge is 0.352 e. The number of nitrogens with zero attached hydrogens (tertiary/aromatic N) is 2. The lowest BCUT2D eigenvalue weighted by atomic mass is 9.95. The van der Waals surface area contributed by atoms with Crippen molar-refractivity contribution in [2.75, 3.05) is 6.54 Å². The van der Waals surface area contributed by atoms with Gasteiger partial charge in [-0.2, -0.15) is 0 Å². The maximum Gasteiger partial charge on any atom is 0.269 e. The molecule has 2 aliphatic rings. The van der Waals surface area contributed by atoms with Crippen molar-refractivity contribution < 1.29 is 22.8 Å². The molecule has 10 heteroatoms. The van der Waals surface area contributed by atoms with Crippen LogP contribution in [0.25, 0.3) is 0 Å². The van der Waals surface area contributed by atoms with E-state index in [1.807, 2.05) is 19.1 Å². The summed E-state index contributed by atoms with van der Waals surface area (Å²) in [7, 11) is -3.93. The molecule has 0 bridgehead atoms. The summed E-state index contributed by atoms with van der Waals surface area (Å²) in [6, 6.07) is 12.7. The Bertz CT molecular complexity index is 1280. The Morgan fingerprint density at radius 1 is 1.08 bits per heavy atom. The van der Waals surface area contributed by atoms with E-state index in [0.717, 1.165) is 35.6 Å². The molecule has 38 heavy (non-hydrogen) atoms. The molecule has 3 amide bonds. The fourth-order valence-electron chi connectivity index (χ4n) is 5.22. The van der Waals surface area contributed by atoms with E-state index in [2.05, 4.69) is 5.32 Å². The van der Waals surface area contributed by atoms with Gasteiger partial charge in [-0.15, -0.1) is 0 Å². The highest BCUT2D eigenvalue weighted by Crippen LogP contribution is 2.30. The molecule has 0 unspecified atom stereocenters. The highest BCUT2D eigenvalue weighted by molar-refractivity contribution is 7.90. The number of fused-ring (bicyclic) bond motifs is 1. The SMILES string of the molecule is CC[C@H](C(=O)NC1CCCCC1)N(Cc1ccc(Cl)cc1)C(=O)CCCN1C(=O)c2ccccc2S1(=O)=O. The second-order valence-electron chi connectivity index (χ2n) is 9.90. The van der Waals surface area contributed by atoms with Crippen molar-refractivity contribution in [1.29, 1.82) is 0 Å². The van der Waals surface area contributed by atoms with E-state index in [1.54, 1.807) is 29.2 Å². The molecule has 2 aromatic carbocycles. The second kappa shape index (κ2) is 12.3. The smallest absolute Gasteiger partial charge is 0.269 e. The fraction of sp³-hybridized carbons (Fsp3) is 0.464. The summed E-state index contributed by atoms with van der Waals surface area (Å²) in [5, 5.41) is 3.72. The third-order valence-electron chi connectivity index (χ3n) is 7.27. The minimum Gasteiger partial charge on any atom is -0.352 e. The van der Waals surface area contributed by atoms with Gasteiger partial charge in [-0.1, -0.05) is 62.1 Å². The first-order valence-corrected chi connectivity index (χ1v) is 15.0. The van der Waals surface area contributed by atoms with Gasteiger partial charge in [0.25, 0.3) is 15.9 Å². The molecule has 1 atom stereocenters. The van der Waals surface area contributed by atoms with Crippen molar-refractivity contribution in [3.63, 3.8) is 0 Å². The van der Waals surface area contributed by atoms with Gasteiger partial charge < -0.3 is 10.2 Å². The van der Waals surface area contributed by atoms with Gasteiger partial charge >= 0.3 is 0 Å². The Balaban J connectivity index is 1.46. The van der Waals surface area contributed by atoms with Gasteiger partial charge in [-0.25, -0.2) is 12.7 Å². The summed E-state index contributed by atoms with van der Waals surface area (Å²) in [5.41, 5.74) is 0.980. The van der Waals surface area contributed by atoms with Gasteiger partial charge in [0, 0.05) is 30.6 Å². The van der Waals surface area contributed by atoms with Crippen LogP contribution in [0.15, 0.2) is 53.4 Å². The van der Waals surface area contributed by atoms with E-state index >= 15 is 0 Å². The Morgan fingerprint density at radius 2 is 1.76 bits per heavy atom. The summed E-state index contributed by atoms with van der Waals surface area (Å²) in [6.45, 7) is 1.99. The molecule has 0 spiro atoms. The van der Waals surface area contributed by atoms with E-state index in [-0.39, 0.29) is 54.2 Å². The number of halogens is 1. The van der Waals surface area contributed by atoms with Gasteiger partial charge in [0.05, 0.1) is 5.56 Å². The zero-order chi connectivity index (χ0) is 27.3. The number of amides is 3. The zero-order valence-corrected chi connectivity index (χ0v) is 23.1. The highest BCUT2D eigenvalue weighted by atomic mass is 35.5. The number of hydrogen-bond acceptors (Lipinski definition) is 5. The molecule has 1 aliphatic heterocycles. The summed E-state index contributed by atoms with van der Waals surface area (Å²) >= 11 is 6.03. The van der Waals surface area contributed by atoms with E-state index in [1.165, 1.54) is 18.6 Å². The molecule has 0 saturated heterocycles. The second-order valence-corrected chi connectivity index (χ2v) is 12.2. The van der Waals surface area contributed by atoms with Crippen LogP contribution < -0.4 is 5.32 Å². The molecule has 1 N–H and O–H groups in total. The molecule has 1 saturated carbocycles. The van der Waals surface area contributed by atoms with E-state index in [4.69, 9.17) is 11.6 Å². The normalized spacial score (nSPS) is 17.6. The average Bonchev–Trinajstić information content (AvgIpc) is 3.10. The Hall–Kier alpha value is -2.91. The third-order valence-corrected chi connectivity index (χ3v) is 9.36. The predicted molar refractivity (Wildman–Crippen MR) is 145 cm³/mol. The van der Waals surface area contributed by atoms with Crippen molar-refractivity contribution >= 4 is 39.3 Å². The van der Waals surface area contributed by atoms with Gasteiger partial charge in [0.2, 0.25) is 11.8 Å². The number of hydrogen-bond donors (Lipinski definition) is 1. The number of rotatable bonds is 10. The lowest BCUT2D eigenvalue weighted by Gasteiger charge is -2.33. The number of sulfonamides is 1. The van der Waals surface area contributed by atoms with Gasteiger partial charge in [-0.3, -0.25) is 14.4 Å². The summed E-state index contributed by atoms with van der Waals surface area (Å²) in [5.74, 6) is -1.02. The van der Waals surface area contributed by atoms with Gasteiger partial charge in [0.15, 0.2) is 0 Å². The monoisotopic (exact) mass is 559 g/mol. The zero-order valence-electron chi connectivity index (χ0n) is 21.6. The van der Waals surface area contributed by atoms with Crippen LogP contribution in [0.4, 0.5) is 0 Å². The van der Waals surface area contributed by atoms with Crippen LogP contribution in [0.2, 0.25) is 5.02 Å². The van der Waals surface area contributed by atoms with Crippen molar-refractivity contribution in [3.8, 4) is 0 Å². The molecular weight excluding hydrogens is 526 g/mol. The van der Waals surface area contributed by atoms with Crippen LogP contribution in [0, 0.1) is 0 Å². The minimum absolute atomic E-state index is 0.00353. The standard InChI is InChI=1S/C28H34ClN3O5S/c1-2-24(27(34)30-22-9-4-3-5-10-22)31(19-20-14-16-21(29)17-15-20)26(33)13-8-18-32-28(35)23-11-6-7-12-25(23)38(32,36)37/h6-7,11-12,14-17,22,24H,2-5,8-10,13,18-19H2,1H3,(H,30,34)/t24-/m1/s1. The van der Waals surface area contributed by atoms with Crippen molar-refractivity contribution in [3.05, 3.63) is 64.7 Å². The first-order chi connectivity index (χ1) is 18.2. The molecule has 1 aliphatic carbocycles. The number of carbonyl (C=O) groups excluding carboxylic acids is 3. The van der Waals surface area contributed by atoms with Gasteiger partial charge in [0.1, 0.15) is 10.9 Å². The Morgan fingerprint density at radius 3 is 2.42 bits per heavy atom. The van der Waals surface area contributed by atoms with Crippen LogP contribution in [0.5, 0.6) is 0 Å². The summed E-state index contributed by atoms with van der Waals surface area (Å²) in [4.78, 5) is 41.1. The summed E-state index contributed by atoms with van der Waals surface area (Å²) < 4.78 is 26.5. The van der Waals surface area contributed by atoms with Crippen molar-refractivity contribution in [1.82, 2.24) is 14.5 Å². The molecule has 204 valence electrons. The van der Waals surface area contributed by atoms with E-state index in [9.17, 15) is 22.8 Å². The Kier molecular flexibility index (Phi) is 9.10.